The number of sulfone groups is 1. The molecule has 2 aromatic rings. The molecule has 2 aromatic carbocycles. The number of nitriles is 1. The minimum atomic E-state index is -4.25. The predicted octanol–water partition coefficient (Wildman–Crippen LogP) is 5.36. The first-order valence-electron chi connectivity index (χ1n) is 7.68. The monoisotopic (exact) mass is 424 g/mol. The molecule has 0 radical (unpaired) electrons. The summed E-state index contributed by atoms with van der Waals surface area (Å²) in [5.41, 5.74) is 0.579. The minimum Gasteiger partial charge on any atom is -0.258 e. The van der Waals surface area contributed by atoms with E-state index in [4.69, 9.17) is 23.2 Å². The number of nitrogens with zero attached hydrogens (tertiary/aromatic N) is 2. The van der Waals surface area contributed by atoms with E-state index in [9.17, 15) is 23.8 Å². The SMILES string of the molecule is CC(C)c1ccc(/C=C(\C#N)S(=O)(=O)c2cc(Cl)ccc2Cl)cc1[N+](=O)[O-]. The maximum atomic E-state index is 12.8. The second-order valence-electron chi connectivity index (χ2n) is 5.93. The smallest absolute Gasteiger partial charge is 0.258 e. The van der Waals surface area contributed by atoms with Gasteiger partial charge in [-0.05, 0) is 35.8 Å². The van der Waals surface area contributed by atoms with Crippen LogP contribution in [-0.4, -0.2) is 13.3 Å². The van der Waals surface area contributed by atoms with Crippen molar-refractivity contribution >= 4 is 44.8 Å². The van der Waals surface area contributed by atoms with Crippen LogP contribution < -0.4 is 0 Å². The number of nitro benzene ring substituents is 1. The highest BCUT2D eigenvalue weighted by molar-refractivity contribution is 7.95. The van der Waals surface area contributed by atoms with E-state index in [1.54, 1.807) is 12.1 Å². The fourth-order valence-electron chi connectivity index (χ4n) is 2.42. The third kappa shape index (κ3) is 4.48. The number of hydrogen-bond donors (Lipinski definition) is 0. The lowest BCUT2D eigenvalue weighted by Crippen LogP contribution is -2.05. The Bertz CT molecular complexity index is 1090. The first-order valence-corrected chi connectivity index (χ1v) is 9.92. The molecule has 0 unspecified atom stereocenters. The Kier molecular flexibility index (Phi) is 6.26. The van der Waals surface area contributed by atoms with Gasteiger partial charge in [0.15, 0.2) is 0 Å². The molecule has 140 valence electrons. The first-order chi connectivity index (χ1) is 12.6. The molecule has 0 aliphatic rings. The van der Waals surface area contributed by atoms with Gasteiger partial charge < -0.3 is 0 Å². The predicted molar refractivity (Wildman–Crippen MR) is 104 cm³/mol. The van der Waals surface area contributed by atoms with Gasteiger partial charge in [-0.25, -0.2) is 8.42 Å². The molecule has 0 bridgehead atoms. The Morgan fingerprint density at radius 1 is 1.22 bits per heavy atom. The lowest BCUT2D eigenvalue weighted by atomic mass is 9.99. The Hall–Kier alpha value is -2.40. The molecule has 0 spiro atoms. The van der Waals surface area contributed by atoms with Crippen LogP contribution in [0.1, 0.15) is 30.9 Å². The van der Waals surface area contributed by atoms with Gasteiger partial charge in [-0.3, -0.25) is 10.1 Å². The van der Waals surface area contributed by atoms with Gasteiger partial charge in [-0.15, -0.1) is 0 Å². The molecule has 0 fully saturated rings. The highest BCUT2D eigenvalue weighted by Crippen LogP contribution is 2.32. The van der Waals surface area contributed by atoms with Gasteiger partial charge >= 0.3 is 0 Å². The van der Waals surface area contributed by atoms with E-state index in [0.717, 1.165) is 12.1 Å². The summed E-state index contributed by atoms with van der Waals surface area (Å²) in [5.74, 6) is -0.0899. The van der Waals surface area contributed by atoms with Gasteiger partial charge in [0.25, 0.3) is 5.69 Å². The maximum Gasteiger partial charge on any atom is 0.273 e. The van der Waals surface area contributed by atoms with Crippen molar-refractivity contribution < 1.29 is 13.3 Å². The molecule has 27 heavy (non-hydrogen) atoms. The number of rotatable bonds is 5. The van der Waals surface area contributed by atoms with Crippen molar-refractivity contribution in [1.29, 1.82) is 5.26 Å². The molecule has 0 aliphatic carbocycles. The highest BCUT2D eigenvalue weighted by Gasteiger charge is 2.25. The first kappa shape index (κ1) is 20.9. The summed E-state index contributed by atoms with van der Waals surface area (Å²) in [6.07, 6.45) is 1.07. The number of nitro groups is 1. The van der Waals surface area contributed by atoms with Crippen molar-refractivity contribution in [2.24, 2.45) is 0 Å². The normalized spacial score (nSPS) is 12.1. The fraction of sp³-hybridized carbons (Fsp3) is 0.167. The van der Waals surface area contributed by atoms with Crippen LogP contribution in [0.4, 0.5) is 5.69 Å². The molecular formula is C18H14Cl2N2O4S. The zero-order valence-electron chi connectivity index (χ0n) is 14.3. The van der Waals surface area contributed by atoms with E-state index in [0.29, 0.717) is 5.56 Å². The molecule has 0 aliphatic heterocycles. The minimum absolute atomic E-state index is 0.0818. The van der Waals surface area contributed by atoms with E-state index in [1.165, 1.54) is 24.3 Å². The van der Waals surface area contributed by atoms with Crippen molar-refractivity contribution in [2.75, 3.05) is 0 Å². The van der Waals surface area contributed by atoms with Crippen molar-refractivity contribution in [1.82, 2.24) is 0 Å². The van der Waals surface area contributed by atoms with Gasteiger partial charge in [-0.1, -0.05) is 49.2 Å². The van der Waals surface area contributed by atoms with E-state index >= 15 is 0 Å². The van der Waals surface area contributed by atoms with E-state index in [2.05, 4.69) is 0 Å². The lowest BCUT2D eigenvalue weighted by molar-refractivity contribution is -0.385. The average molecular weight is 425 g/mol. The van der Waals surface area contributed by atoms with Crippen molar-refractivity contribution in [3.05, 3.63) is 72.6 Å². The number of benzene rings is 2. The summed E-state index contributed by atoms with van der Waals surface area (Å²) in [4.78, 5) is 9.86. The van der Waals surface area contributed by atoms with Crippen LogP contribution in [0.15, 0.2) is 46.2 Å². The number of allylic oxidation sites excluding steroid dienone is 1. The molecule has 0 aromatic heterocycles. The zero-order chi connectivity index (χ0) is 20.4. The summed E-state index contributed by atoms with van der Waals surface area (Å²) in [7, 11) is -4.25. The van der Waals surface area contributed by atoms with E-state index in [-0.39, 0.29) is 32.1 Å². The van der Waals surface area contributed by atoms with Crippen molar-refractivity contribution in [3.8, 4) is 6.07 Å². The Morgan fingerprint density at radius 3 is 2.44 bits per heavy atom. The summed E-state index contributed by atoms with van der Waals surface area (Å²) in [6, 6.07) is 9.81. The topological polar surface area (TPSA) is 101 Å². The third-order valence-corrected chi connectivity index (χ3v) is 6.14. The Labute approximate surface area is 166 Å². The van der Waals surface area contributed by atoms with Gasteiger partial charge in [-0.2, -0.15) is 5.26 Å². The van der Waals surface area contributed by atoms with Crippen LogP contribution in [0.5, 0.6) is 0 Å². The van der Waals surface area contributed by atoms with E-state index < -0.39 is 19.7 Å². The second kappa shape index (κ2) is 8.09. The van der Waals surface area contributed by atoms with Crippen molar-refractivity contribution in [3.63, 3.8) is 0 Å². The average Bonchev–Trinajstić information content (AvgIpc) is 2.60. The largest absolute Gasteiger partial charge is 0.273 e. The van der Waals surface area contributed by atoms with Gasteiger partial charge in [0.05, 0.1) is 14.8 Å². The third-order valence-electron chi connectivity index (χ3n) is 3.75. The lowest BCUT2D eigenvalue weighted by Gasteiger charge is -2.08. The van der Waals surface area contributed by atoms with Crippen LogP contribution in [-0.2, 0) is 9.84 Å². The molecular weight excluding hydrogens is 411 g/mol. The Balaban J connectivity index is 2.63. The van der Waals surface area contributed by atoms with Crippen LogP contribution in [0.2, 0.25) is 10.0 Å². The summed E-state index contributed by atoms with van der Waals surface area (Å²) >= 11 is 11.8. The number of halogens is 2. The van der Waals surface area contributed by atoms with Gasteiger partial charge in [0.1, 0.15) is 11.0 Å². The van der Waals surface area contributed by atoms with Crippen LogP contribution >= 0.6 is 23.2 Å². The molecule has 0 N–H and O–H groups in total. The molecule has 0 heterocycles. The standard InChI is InChI=1S/C18H14Cl2N2O4S/c1-11(2)15-5-3-12(8-17(15)22(23)24)7-14(10-21)27(25,26)18-9-13(19)4-6-16(18)20/h3-9,11H,1-2H3/b14-7+. The maximum absolute atomic E-state index is 12.8. The molecule has 2 rings (SSSR count). The highest BCUT2D eigenvalue weighted by atomic mass is 35.5. The number of hydrogen-bond acceptors (Lipinski definition) is 5. The van der Waals surface area contributed by atoms with Gasteiger partial charge in [0, 0.05) is 16.7 Å². The molecule has 0 saturated carbocycles. The molecule has 0 saturated heterocycles. The van der Waals surface area contributed by atoms with Crippen LogP contribution in [0.25, 0.3) is 6.08 Å². The molecule has 9 heteroatoms. The summed E-state index contributed by atoms with van der Waals surface area (Å²) in [6.45, 7) is 3.62. The summed E-state index contributed by atoms with van der Waals surface area (Å²) < 4.78 is 25.5. The van der Waals surface area contributed by atoms with Crippen LogP contribution in [0.3, 0.4) is 0 Å². The summed E-state index contributed by atoms with van der Waals surface area (Å²) in [5, 5.41) is 20.7. The Morgan fingerprint density at radius 2 is 1.89 bits per heavy atom. The molecule has 0 atom stereocenters. The molecule has 6 nitrogen and oxygen atoms in total. The van der Waals surface area contributed by atoms with E-state index in [1.807, 2.05) is 13.8 Å². The quantitative estimate of drug-likeness (QED) is 0.365. The van der Waals surface area contributed by atoms with Gasteiger partial charge in [0.2, 0.25) is 9.84 Å². The zero-order valence-corrected chi connectivity index (χ0v) is 16.6. The second-order valence-corrected chi connectivity index (χ2v) is 8.66. The molecule has 0 amide bonds. The fourth-order valence-corrected chi connectivity index (χ4v) is 4.33. The van der Waals surface area contributed by atoms with Crippen molar-refractivity contribution in [2.45, 2.75) is 24.7 Å². The van der Waals surface area contributed by atoms with Crippen LogP contribution in [0, 0.1) is 21.4 Å².